The Balaban J connectivity index is 0.00000364. The Labute approximate surface area is 186 Å². The van der Waals surface area contributed by atoms with E-state index in [0.717, 1.165) is 45.0 Å². The van der Waals surface area contributed by atoms with Crippen LogP contribution in [0.4, 0.5) is 0 Å². The fourth-order valence-electron chi connectivity index (χ4n) is 3.03. The number of nitrogens with zero attached hydrogens (tertiary/aromatic N) is 4. The Morgan fingerprint density at radius 1 is 1.22 bits per heavy atom. The topological polar surface area (TPSA) is 55.8 Å². The van der Waals surface area contributed by atoms with Gasteiger partial charge in [-0.3, -0.25) is 4.99 Å². The van der Waals surface area contributed by atoms with Crippen LogP contribution in [0.3, 0.4) is 0 Å². The van der Waals surface area contributed by atoms with Crippen molar-refractivity contribution in [2.24, 2.45) is 4.99 Å². The van der Waals surface area contributed by atoms with E-state index in [1.807, 2.05) is 18.3 Å². The van der Waals surface area contributed by atoms with Gasteiger partial charge in [-0.2, -0.15) is 0 Å². The van der Waals surface area contributed by atoms with Crippen LogP contribution >= 0.6 is 35.6 Å². The second kappa shape index (κ2) is 14.4. The number of pyridine rings is 1. The third-order valence-corrected chi connectivity index (χ3v) is 4.78. The number of aliphatic imine (C=N–C) groups is 1. The minimum absolute atomic E-state index is 0. The standard InChI is InChI=1S/C19H33ClN6.HI/c1-3-21-19(23-10-8-17-6-7-18(20)24-16-17)22-9-4-12-26-13-5-11-25(2)14-15-26;/h6-7,16H,3-5,8-15H2,1-2H3,(H2,21,22,23);1H. The van der Waals surface area contributed by atoms with Crippen molar-refractivity contribution >= 4 is 41.5 Å². The fourth-order valence-corrected chi connectivity index (χ4v) is 3.14. The monoisotopic (exact) mass is 508 g/mol. The van der Waals surface area contributed by atoms with Crippen molar-refractivity contribution in [1.82, 2.24) is 25.4 Å². The highest BCUT2D eigenvalue weighted by Gasteiger charge is 2.11. The van der Waals surface area contributed by atoms with Gasteiger partial charge in [0, 0.05) is 38.9 Å². The van der Waals surface area contributed by atoms with Crippen LogP contribution in [0.25, 0.3) is 0 Å². The lowest BCUT2D eigenvalue weighted by Crippen LogP contribution is -2.38. The second-order valence-electron chi connectivity index (χ2n) is 6.78. The average Bonchev–Trinajstić information content (AvgIpc) is 2.84. The van der Waals surface area contributed by atoms with Crippen molar-refractivity contribution in [3.8, 4) is 0 Å². The molecule has 0 saturated carbocycles. The Hall–Kier alpha value is -0.640. The number of hydrogen-bond acceptors (Lipinski definition) is 4. The minimum Gasteiger partial charge on any atom is -0.357 e. The van der Waals surface area contributed by atoms with Gasteiger partial charge in [-0.25, -0.2) is 4.98 Å². The zero-order chi connectivity index (χ0) is 18.6. The summed E-state index contributed by atoms with van der Waals surface area (Å²) in [5.41, 5.74) is 1.17. The van der Waals surface area contributed by atoms with Gasteiger partial charge < -0.3 is 20.4 Å². The van der Waals surface area contributed by atoms with Gasteiger partial charge >= 0.3 is 0 Å². The van der Waals surface area contributed by atoms with Crippen molar-refractivity contribution in [3.63, 3.8) is 0 Å². The van der Waals surface area contributed by atoms with Gasteiger partial charge in [0.15, 0.2) is 5.96 Å². The molecule has 0 unspecified atom stereocenters. The van der Waals surface area contributed by atoms with Gasteiger partial charge in [0.05, 0.1) is 0 Å². The van der Waals surface area contributed by atoms with Crippen LogP contribution < -0.4 is 10.6 Å². The number of halogens is 2. The molecule has 2 rings (SSSR count). The molecule has 6 nitrogen and oxygen atoms in total. The summed E-state index contributed by atoms with van der Waals surface area (Å²) in [6, 6.07) is 3.84. The first-order chi connectivity index (χ1) is 12.7. The summed E-state index contributed by atoms with van der Waals surface area (Å²) in [6.45, 7) is 10.5. The highest BCUT2D eigenvalue weighted by molar-refractivity contribution is 14.0. The van der Waals surface area contributed by atoms with Crippen molar-refractivity contribution in [1.29, 1.82) is 0 Å². The maximum Gasteiger partial charge on any atom is 0.191 e. The molecule has 2 N–H and O–H groups in total. The first kappa shape index (κ1) is 24.4. The number of likely N-dealkylation sites (N-methyl/N-ethyl adjacent to an activating group) is 1. The van der Waals surface area contributed by atoms with Gasteiger partial charge in [0.1, 0.15) is 5.15 Å². The molecule has 0 bridgehead atoms. The predicted molar refractivity (Wildman–Crippen MR) is 126 cm³/mol. The maximum absolute atomic E-state index is 5.82. The number of hydrogen-bond donors (Lipinski definition) is 2. The first-order valence-corrected chi connectivity index (χ1v) is 10.1. The predicted octanol–water partition coefficient (Wildman–Crippen LogP) is 2.48. The smallest absolute Gasteiger partial charge is 0.191 e. The molecule has 0 radical (unpaired) electrons. The van der Waals surface area contributed by atoms with E-state index in [2.05, 4.69) is 39.4 Å². The SMILES string of the molecule is CCNC(=NCCCN1CCCN(C)CC1)NCCc1ccc(Cl)nc1.I. The normalized spacial score (nSPS) is 16.5. The van der Waals surface area contributed by atoms with Gasteiger partial charge in [0.25, 0.3) is 0 Å². The van der Waals surface area contributed by atoms with Crippen LogP contribution in [0.2, 0.25) is 5.15 Å². The molecular weight excluding hydrogens is 475 g/mol. The quantitative estimate of drug-likeness (QED) is 0.186. The van der Waals surface area contributed by atoms with Crippen LogP contribution in [-0.4, -0.2) is 80.1 Å². The van der Waals surface area contributed by atoms with E-state index in [1.165, 1.54) is 38.2 Å². The van der Waals surface area contributed by atoms with E-state index in [9.17, 15) is 0 Å². The molecule has 0 aliphatic carbocycles. The van der Waals surface area contributed by atoms with Gasteiger partial charge in [0.2, 0.25) is 0 Å². The molecule has 0 spiro atoms. The van der Waals surface area contributed by atoms with E-state index in [4.69, 9.17) is 16.6 Å². The molecule has 1 aliphatic rings. The fraction of sp³-hybridized carbons (Fsp3) is 0.684. The summed E-state index contributed by atoms with van der Waals surface area (Å²) in [6.07, 6.45) is 5.09. The summed E-state index contributed by atoms with van der Waals surface area (Å²) in [4.78, 5) is 13.8. The molecular formula is C19H34ClIN6. The number of nitrogens with one attached hydrogen (secondary N) is 2. The van der Waals surface area contributed by atoms with Gasteiger partial charge in [-0.1, -0.05) is 17.7 Å². The van der Waals surface area contributed by atoms with Crippen molar-refractivity contribution in [3.05, 3.63) is 29.0 Å². The van der Waals surface area contributed by atoms with Crippen LogP contribution in [-0.2, 0) is 6.42 Å². The van der Waals surface area contributed by atoms with Gasteiger partial charge in [-0.15, -0.1) is 24.0 Å². The Morgan fingerprint density at radius 2 is 2.07 bits per heavy atom. The molecule has 8 heteroatoms. The first-order valence-electron chi connectivity index (χ1n) is 9.71. The molecule has 0 atom stereocenters. The summed E-state index contributed by atoms with van der Waals surface area (Å²) >= 11 is 5.82. The minimum atomic E-state index is 0. The molecule has 1 aromatic rings. The Morgan fingerprint density at radius 3 is 2.81 bits per heavy atom. The van der Waals surface area contributed by atoms with Crippen molar-refractivity contribution in [2.45, 2.75) is 26.2 Å². The summed E-state index contributed by atoms with van der Waals surface area (Å²) in [5.74, 6) is 0.894. The van der Waals surface area contributed by atoms with Crippen molar-refractivity contribution < 1.29 is 0 Å². The molecule has 0 aromatic carbocycles. The average molecular weight is 509 g/mol. The summed E-state index contributed by atoms with van der Waals surface area (Å²) < 4.78 is 0. The molecule has 1 aliphatic heterocycles. The molecule has 2 heterocycles. The third-order valence-electron chi connectivity index (χ3n) is 4.55. The molecule has 1 saturated heterocycles. The molecule has 0 amide bonds. The van der Waals surface area contributed by atoms with Crippen LogP contribution in [0.1, 0.15) is 25.3 Å². The Kier molecular flexibility index (Phi) is 13.0. The van der Waals surface area contributed by atoms with Crippen LogP contribution in [0.5, 0.6) is 0 Å². The molecule has 27 heavy (non-hydrogen) atoms. The number of guanidine groups is 1. The molecule has 1 fully saturated rings. The Bertz CT molecular complexity index is 540. The maximum atomic E-state index is 5.82. The molecule has 154 valence electrons. The van der Waals surface area contributed by atoms with Crippen LogP contribution in [0.15, 0.2) is 23.3 Å². The van der Waals surface area contributed by atoms with E-state index < -0.39 is 0 Å². The summed E-state index contributed by atoms with van der Waals surface area (Å²) in [7, 11) is 2.21. The zero-order valence-corrected chi connectivity index (χ0v) is 19.7. The highest BCUT2D eigenvalue weighted by Crippen LogP contribution is 2.05. The second-order valence-corrected chi connectivity index (χ2v) is 7.17. The van der Waals surface area contributed by atoms with Gasteiger partial charge in [-0.05, 0) is 64.5 Å². The van der Waals surface area contributed by atoms with E-state index in [-0.39, 0.29) is 24.0 Å². The lowest BCUT2D eigenvalue weighted by atomic mass is 10.2. The number of aromatic nitrogens is 1. The van der Waals surface area contributed by atoms with E-state index in [0.29, 0.717) is 5.15 Å². The van der Waals surface area contributed by atoms with Crippen LogP contribution in [0, 0.1) is 0 Å². The highest BCUT2D eigenvalue weighted by atomic mass is 127. The molecule has 1 aromatic heterocycles. The third kappa shape index (κ3) is 10.5. The number of rotatable bonds is 8. The van der Waals surface area contributed by atoms with Crippen molar-refractivity contribution in [2.75, 3.05) is 59.4 Å². The summed E-state index contributed by atoms with van der Waals surface area (Å²) in [5, 5.41) is 7.24. The largest absolute Gasteiger partial charge is 0.357 e. The van der Waals surface area contributed by atoms with E-state index in [1.54, 1.807) is 0 Å². The zero-order valence-electron chi connectivity index (χ0n) is 16.6. The lowest BCUT2D eigenvalue weighted by Gasteiger charge is -2.19. The van der Waals surface area contributed by atoms with E-state index >= 15 is 0 Å². The lowest BCUT2D eigenvalue weighted by molar-refractivity contribution is 0.275.